The molecule has 0 aliphatic rings. The van der Waals surface area contributed by atoms with Crippen molar-refractivity contribution in [1.82, 2.24) is 5.32 Å². The van der Waals surface area contributed by atoms with Gasteiger partial charge >= 0.3 is 6.09 Å². The van der Waals surface area contributed by atoms with Gasteiger partial charge in [0.05, 0.1) is 19.3 Å². The van der Waals surface area contributed by atoms with Gasteiger partial charge in [-0.25, -0.2) is 4.79 Å². The molecule has 0 bridgehead atoms. The Balaban J connectivity index is 3.61. The number of hydrogen-bond acceptors (Lipinski definition) is 4. The summed E-state index contributed by atoms with van der Waals surface area (Å²) in [5.41, 5.74) is 0. The third-order valence-corrected chi connectivity index (χ3v) is 1.30. The Morgan fingerprint density at radius 2 is 2.25 bits per heavy atom. The maximum Gasteiger partial charge on any atom is 0.407 e. The third kappa shape index (κ3) is 4.92. The zero-order chi connectivity index (χ0) is 9.40. The molecule has 3 N–H and O–H groups in total. The van der Waals surface area contributed by atoms with Crippen LogP contribution < -0.4 is 5.32 Å². The van der Waals surface area contributed by atoms with Gasteiger partial charge in [0, 0.05) is 6.61 Å². The first-order valence-corrected chi connectivity index (χ1v) is 3.89. The van der Waals surface area contributed by atoms with Crippen LogP contribution in [0.3, 0.4) is 0 Å². The minimum atomic E-state index is -0.565. The number of ether oxygens (including phenoxy) is 1. The lowest BCUT2D eigenvalue weighted by molar-refractivity contribution is 0.135. The molecule has 12 heavy (non-hydrogen) atoms. The van der Waals surface area contributed by atoms with E-state index in [0.717, 1.165) is 0 Å². The molecule has 0 aliphatic carbocycles. The van der Waals surface area contributed by atoms with Crippen LogP contribution in [0.15, 0.2) is 0 Å². The predicted octanol–water partition coefficient (Wildman–Crippen LogP) is -0.524. The summed E-state index contributed by atoms with van der Waals surface area (Å²) in [4.78, 5) is 10.8. The van der Waals surface area contributed by atoms with Crippen molar-refractivity contribution < 1.29 is 19.7 Å². The number of carbonyl (C=O) groups is 1. The van der Waals surface area contributed by atoms with Gasteiger partial charge in [-0.05, 0) is 13.3 Å². The van der Waals surface area contributed by atoms with Crippen molar-refractivity contribution in [3.63, 3.8) is 0 Å². The van der Waals surface area contributed by atoms with E-state index in [0.29, 0.717) is 13.0 Å². The molecule has 1 amide bonds. The molecular formula is C7H15NO4. The van der Waals surface area contributed by atoms with E-state index in [1.54, 1.807) is 6.92 Å². The summed E-state index contributed by atoms with van der Waals surface area (Å²) in [6, 6.07) is -0.422. The maximum atomic E-state index is 10.8. The highest BCUT2D eigenvalue weighted by molar-refractivity contribution is 5.67. The SMILES string of the molecule is CCOC(=O)N[C@H](CO)CCO. The minimum absolute atomic E-state index is 0.0718. The fraction of sp³-hybridized carbons (Fsp3) is 0.857. The Morgan fingerprint density at radius 1 is 1.58 bits per heavy atom. The van der Waals surface area contributed by atoms with Crippen LogP contribution in [0.1, 0.15) is 13.3 Å². The molecule has 1 atom stereocenters. The number of rotatable bonds is 5. The predicted molar refractivity (Wildman–Crippen MR) is 42.7 cm³/mol. The molecule has 0 aromatic carbocycles. The van der Waals surface area contributed by atoms with Gasteiger partial charge in [-0.3, -0.25) is 0 Å². The van der Waals surface area contributed by atoms with E-state index >= 15 is 0 Å². The Bertz CT molecular complexity index is 129. The molecule has 0 aromatic heterocycles. The van der Waals surface area contributed by atoms with Crippen LogP contribution in [0.25, 0.3) is 0 Å². The zero-order valence-corrected chi connectivity index (χ0v) is 7.12. The summed E-state index contributed by atoms with van der Waals surface area (Å²) in [5.74, 6) is 0. The van der Waals surface area contributed by atoms with Crippen LogP contribution in [0.4, 0.5) is 4.79 Å². The van der Waals surface area contributed by atoms with E-state index in [9.17, 15) is 4.79 Å². The van der Waals surface area contributed by atoms with E-state index in [-0.39, 0.29) is 13.2 Å². The number of nitrogens with one attached hydrogen (secondary N) is 1. The Hall–Kier alpha value is -0.810. The number of alkyl carbamates (subject to hydrolysis) is 1. The number of carbonyl (C=O) groups excluding carboxylic acids is 1. The van der Waals surface area contributed by atoms with E-state index in [4.69, 9.17) is 10.2 Å². The fourth-order valence-corrected chi connectivity index (χ4v) is 0.704. The Labute approximate surface area is 71.3 Å². The van der Waals surface area contributed by atoms with Crippen molar-refractivity contribution in [2.24, 2.45) is 0 Å². The van der Waals surface area contributed by atoms with Gasteiger partial charge in [-0.15, -0.1) is 0 Å². The highest BCUT2D eigenvalue weighted by Gasteiger charge is 2.10. The highest BCUT2D eigenvalue weighted by Crippen LogP contribution is 1.90. The summed E-state index contributed by atoms with van der Waals surface area (Å²) >= 11 is 0. The molecule has 0 radical (unpaired) electrons. The first kappa shape index (κ1) is 11.2. The van der Waals surface area contributed by atoms with Crippen LogP contribution in [0.2, 0.25) is 0 Å². The Morgan fingerprint density at radius 3 is 2.67 bits per heavy atom. The lowest BCUT2D eigenvalue weighted by Gasteiger charge is -2.13. The van der Waals surface area contributed by atoms with Crippen molar-refractivity contribution in [2.45, 2.75) is 19.4 Å². The first-order chi connectivity index (χ1) is 5.74. The first-order valence-electron chi connectivity index (χ1n) is 3.89. The van der Waals surface area contributed by atoms with Crippen LogP contribution in [0.5, 0.6) is 0 Å². The molecule has 0 saturated heterocycles. The van der Waals surface area contributed by atoms with Gasteiger partial charge in [-0.2, -0.15) is 0 Å². The van der Waals surface area contributed by atoms with Gasteiger partial charge in [0.2, 0.25) is 0 Å². The maximum absolute atomic E-state index is 10.8. The standard InChI is InChI=1S/C7H15NO4/c1-2-12-7(11)8-6(5-10)3-4-9/h6,9-10H,2-5H2,1H3,(H,8,11)/t6-/m0/s1. The second kappa shape index (κ2) is 6.87. The van der Waals surface area contributed by atoms with Crippen molar-refractivity contribution in [3.8, 4) is 0 Å². The van der Waals surface area contributed by atoms with Gasteiger partial charge in [-0.1, -0.05) is 0 Å². The molecule has 5 heteroatoms. The molecule has 0 heterocycles. The lowest BCUT2D eigenvalue weighted by atomic mass is 10.2. The van der Waals surface area contributed by atoms with E-state index in [1.807, 2.05) is 0 Å². The average molecular weight is 177 g/mol. The van der Waals surface area contributed by atoms with Crippen molar-refractivity contribution in [1.29, 1.82) is 0 Å². The largest absolute Gasteiger partial charge is 0.450 e. The monoisotopic (exact) mass is 177 g/mol. The Kier molecular flexibility index (Phi) is 6.41. The molecule has 5 nitrogen and oxygen atoms in total. The van der Waals surface area contributed by atoms with Crippen LogP contribution >= 0.6 is 0 Å². The van der Waals surface area contributed by atoms with E-state index in [1.165, 1.54) is 0 Å². The zero-order valence-electron chi connectivity index (χ0n) is 7.12. The topological polar surface area (TPSA) is 78.8 Å². The molecular weight excluding hydrogens is 162 g/mol. The van der Waals surface area contributed by atoms with Crippen molar-refractivity contribution >= 4 is 6.09 Å². The van der Waals surface area contributed by atoms with Crippen molar-refractivity contribution in [3.05, 3.63) is 0 Å². The lowest BCUT2D eigenvalue weighted by Crippen LogP contribution is -2.38. The fourth-order valence-electron chi connectivity index (χ4n) is 0.704. The summed E-state index contributed by atoms with van der Waals surface area (Å²) in [6.07, 6.45) is -0.236. The molecule has 72 valence electrons. The van der Waals surface area contributed by atoms with Crippen LogP contribution in [0, 0.1) is 0 Å². The van der Waals surface area contributed by atoms with Gasteiger partial charge in [0.25, 0.3) is 0 Å². The van der Waals surface area contributed by atoms with E-state index in [2.05, 4.69) is 10.1 Å². The third-order valence-electron chi connectivity index (χ3n) is 1.30. The normalized spacial score (nSPS) is 12.2. The molecule has 0 rings (SSSR count). The molecule has 0 saturated carbocycles. The van der Waals surface area contributed by atoms with Gasteiger partial charge in [0.15, 0.2) is 0 Å². The minimum Gasteiger partial charge on any atom is -0.450 e. The second-order valence-electron chi connectivity index (χ2n) is 2.26. The summed E-state index contributed by atoms with van der Waals surface area (Å²) < 4.78 is 4.58. The van der Waals surface area contributed by atoms with Crippen LogP contribution in [-0.2, 0) is 4.74 Å². The second-order valence-corrected chi connectivity index (χ2v) is 2.26. The average Bonchev–Trinajstić information content (AvgIpc) is 2.04. The molecule has 0 aromatic rings. The molecule has 0 spiro atoms. The smallest absolute Gasteiger partial charge is 0.407 e. The van der Waals surface area contributed by atoms with Crippen molar-refractivity contribution in [2.75, 3.05) is 19.8 Å². The highest BCUT2D eigenvalue weighted by atomic mass is 16.5. The molecule has 0 fully saturated rings. The number of amides is 1. The number of aliphatic hydroxyl groups is 2. The van der Waals surface area contributed by atoms with Gasteiger partial charge in [0.1, 0.15) is 0 Å². The number of hydrogen-bond donors (Lipinski definition) is 3. The van der Waals surface area contributed by atoms with Gasteiger partial charge < -0.3 is 20.3 Å². The van der Waals surface area contributed by atoms with E-state index < -0.39 is 12.1 Å². The quantitative estimate of drug-likeness (QED) is 0.527. The summed E-state index contributed by atoms with van der Waals surface area (Å²) in [5, 5.41) is 19.6. The molecule has 0 unspecified atom stereocenters. The summed E-state index contributed by atoms with van der Waals surface area (Å²) in [7, 11) is 0. The molecule has 0 aliphatic heterocycles. The number of aliphatic hydroxyl groups excluding tert-OH is 2. The van der Waals surface area contributed by atoms with Crippen LogP contribution in [-0.4, -0.2) is 42.2 Å². The summed E-state index contributed by atoms with van der Waals surface area (Å²) in [6.45, 7) is 1.72.